The second-order valence-electron chi connectivity index (χ2n) is 12.0. The summed E-state index contributed by atoms with van der Waals surface area (Å²) in [6, 6.07) is 52.6. The fourth-order valence-electron chi connectivity index (χ4n) is 6.90. The van der Waals surface area contributed by atoms with E-state index in [0.29, 0.717) is 17.5 Å². The van der Waals surface area contributed by atoms with Crippen LogP contribution in [-0.4, -0.2) is 15.0 Å². The molecule has 0 spiro atoms. The number of benzene rings is 7. The molecule has 1 aliphatic heterocycles. The zero-order valence-electron chi connectivity index (χ0n) is 25.6. The molecule has 0 bridgehead atoms. The molecule has 0 unspecified atom stereocenters. The maximum absolute atomic E-state index is 6.70. The van der Waals surface area contributed by atoms with Gasteiger partial charge in [-0.05, 0) is 46.8 Å². The van der Waals surface area contributed by atoms with Gasteiger partial charge in [0.2, 0.25) is 0 Å². The van der Waals surface area contributed by atoms with Crippen molar-refractivity contribution in [3.63, 3.8) is 0 Å². The van der Waals surface area contributed by atoms with E-state index in [2.05, 4.69) is 91.0 Å². The van der Waals surface area contributed by atoms with Gasteiger partial charge < -0.3 is 4.74 Å². The van der Waals surface area contributed by atoms with Crippen LogP contribution >= 0.6 is 11.3 Å². The molecule has 4 nitrogen and oxygen atoms in total. The van der Waals surface area contributed by atoms with Gasteiger partial charge in [-0.25, -0.2) is 15.0 Å². The Morgan fingerprint density at radius 3 is 1.75 bits per heavy atom. The first-order valence-electron chi connectivity index (χ1n) is 15.9. The third-order valence-electron chi connectivity index (χ3n) is 9.15. The van der Waals surface area contributed by atoms with Crippen molar-refractivity contribution in [3.05, 3.63) is 152 Å². The molecule has 2 aromatic heterocycles. The van der Waals surface area contributed by atoms with E-state index in [-0.39, 0.29) is 0 Å². The monoisotopic (exact) mass is 631 g/mol. The van der Waals surface area contributed by atoms with Crippen LogP contribution in [-0.2, 0) is 0 Å². The lowest BCUT2D eigenvalue weighted by molar-refractivity contribution is 0.487. The summed E-state index contributed by atoms with van der Waals surface area (Å²) in [4.78, 5) is 14.7. The van der Waals surface area contributed by atoms with E-state index in [9.17, 15) is 0 Å². The predicted molar refractivity (Wildman–Crippen MR) is 197 cm³/mol. The summed E-state index contributed by atoms with van der Waals surface area (Å²) in [6.07, 6.45) is 0. The average molecular weight is 632 g/mol. The molecule has 48 heavy (non-hydrogen) atoms. The predicted octanol–water partition coefficient (Wildman–Crippen LogP) is 11.8. The number of rotatable bonds is 4. The fraction of sp³-hybridized carbons (Fsp3) is 0. The summed E-state index contributed by atoms with van der Waals surface area (Å²) < 4.78 is 9.31. The minimum Gasteiger partial charge on any atom is -0.456 e. The summed E-state index contributed by atoms with van der Waals surface area (Å²) in [5.41, 5.74) is 7.42. The van der Waals surface area contributed by atoms with Crippen LogP contribution in [0.25, 0.3) is 87.4 Å². The Bertz CT molecular complexity index is 2640. The van der Waals surface area contributed by atoms with Crippen LogP contribution in [0.4, 0.5) is 0 Å². The molecule has 0 saturated heterocycles. The normalized spacial score (nSPS) is 11.9. The zero-order chi connectivity index (χ0) is 31.6. The Balaban J connectivity index is 1.11. The van der Waals surface area contributed by atoms with Gasteiger partial charge in [-0.15, -0.1) is 11.3 Å². The molecule has 0 saturated carbocycles. The highest BCUT2D eigenvalue weighted by atomic mass is 32.1. The van der Waals surface area contributed by atoms with Gasteiger partial charge in [0, 0.05) is 53.4 Å². The number of nitrogens with zero attached hydrogens (tertiary/aromatic N) is 3. The molecule has 0 N–H and O–H groups in total. The van der Waals surface area contributed by atoms with Gasteiger partial charge in [-0.1, -0.05) is 121 Å². The van der Waals surface area contributed by atoms with Crippen molar-refractivity contribution in [2.45, 2.75) is 0 Å². The highest BCUT2D eigenvalue weighted by molar-refractivity contribution is 7.26. The first-order chi connectivity index (χ1) is 23.8. The molecule has 5 heteroatoms. The maximum Gasteiger partial charge on any atom is 0.164 e. The van der Waals surface area contributed by atoms with Crippen molar-refractivity contribution >= 4 is 42.3 Å². The summed E-state index contributed by atoms with van der Waals surface area (Å²) in [5.74, 6) is 3.51. The number of hydrogen-bond donors (Lipinski definition) is 0. The quantitative estimate of drug-likeness (QED) is 0.194. The van der Waals surface area contributed by atoms with Gasteiger partial charge in [0.25, 0.3) is 0 Å². The minimum absolute atomic E-state index is 0.602. The second kappa shape index (κ2) is 10.7. The largest absolute Gasteiger partial charge is 0.456 e. The number of fused-ring (bicyclic) bond motifs is 5. The summed E-state index contributed by atoms with van der Waals surface area (Å²) in [6.45, 7) is 0. The molecular formula is C43H25N3OS. The van der Waals surface area contributed by atoms with Crippen LogP contribution in [0, 0.1) is 0 Å². The Morgan fingerprint density at radius 2 is 1.00 bits per heavy atom. The molecule has 7 aromatic carbocycles. The molecule has 10 rings (SSSR count). The standard InChI is InChI=1S/C43H25N3OS/c1-3-11-26(12-4-1)41-44-42(27-13-5-2-6-14-27)46-43(45-41)28-21-22-30-33-17-9-16-32-29(23-24-36(39(32)33)47-37(30)25-28)34-18-10-19-35-31-15-7-8-20-38(31)48-40(34)35/h1-25H. The first-order valence-corrected chi connectivity index (χ1v) is 16.8. The maximum atomic E-state index is 6.70. The number of ether oxygens (including phenoxy) is 1. The van der Waals surface area contributed by atoms with Crippen LogP contribution in [0.15, 0.2) is 152 Å². The van der Waals surface area contributed by atoms with Crippen LogP contribution < -0.4 is 4.74 Å². The van der Waals surface area contributed by atoms with Gasteiger partial charge in [-0.2, -0.15) is 0 Å². The third kappa shape index (κ3) is 4.25. The van der Waals surface area contributed by atoms with Crippen LogP contribution in [0.2, 0.25) is 0 Å². The minimum atomic E-state index is 0.602. The van der Waals surface area contributed by atoms with Gasteiger partial charge >= 0.3 is 0 Å². The van der Waals surface area contributed by atoms with E-state index < -0.39 is 0 Å². The van der Waals surface area contributed by atoms with Crippen LogP contribution in [0.1, 0.15) is 0 Å². The third-order valence-corrected chi connectivity index (χ3v) is 10.4. The molecule has 0 aliphatic carbocycles. The van der Waals surface area contributed by atoms with E-state index >= 15 is 0 Å². The molecular weight excluding hydrogens is 607 g/mol. The molecule has 1 aliphatic rings. The molecule has 0 fully saturated rings. The van der Waals surface area contributed by atoms with E-state index in [0.717, 1.165) is 44.7 Å². The lowest BCUT2D eigenvalue weighted by Gasteiger charge is -2.23. The van der Waals surface area contributed by atoms with Gasteiger partial charge in [0.05, 0.1) is 0 Å². The Labute approximate surface area is 280 Å². The van der Waals surface area contributed by atoms with Gasteiger partial charge in [-0.3, -0.25) is 0 Å². The highest BCUT2D eigenvalue weighted by Gasteiger charge is 2.24. The van der Waals surface area contributed by atoms with Crippen molar-refractivity contribution in [2.75, 3.05) is 0 Å². The van der Waals surface area contributed by atoms with E-state index in [1.165, 1.54) is 36.7 Å². The number of thiophene rings is 1. The van der Waals surface area contributed by atoms with Crippen molar-refractivity contribution in [2.24, 2.45) is 0 Å². The smallest absolute Gasteiger partial charge is 0.164 e. The highest BCUT2D eigenvalue weighted by Crippen LogP contribution is 2.50. The Hall–Kier alpha value is -6.17. The summed E-state index contributed by atoms with van der Waals surface area (Å²) in [5, 5.41) is 4.92. The van der Waals surface area contributed by atoms with E-state index in [4.69, 9.17) is 19.7 Å². The van der Waals surface area contributed by atoms with E-state index in [1.807, 2.05) is 72.0 Å². The molecule has 3 heterocycles. The second-order valence-corrected chi connectivity index (χ2v) is 13.0. The zero-order valence-corrected chi connectivity index (χ0v) is 26.4. The Morgan fingerprint density at radius 1 is 0.396 bits per heavy atom. The van der Waals surface area contributed by atoms with Crippen LogP contribution in [0.3, 0.4) is 0 Å². The fourth-order valence-corrected chi connectivity index (χ4v) is 8.13. The summed E-state index contributed by atoms with van der Waals surface area (Å²) in [7, 11) is 0. The van der Waals surface area contributed by atoms with Crippen LogP contribution in [0.5, 0.6) is 11.5 Å². The topological polar surface area (TPSA) is 47.9 Å². The molecule has 0 radical (unpaired) electrons. The molecule has 0 amide bonds. The van der Waals surface area contributed by atoms with E-state index in [1.54, 1.807) is 0 Å². The first kappa shape index (κ1) is 27.0. The Kier molecular flexibility index (Phi) is 6.01. The molecule has 9 aromatic rings. The SMILES string of the molecule is c1ccc(-c2nc(-c3ccccc3)nc(-c3ccc4c(c3)Oc3ccc(-c5cccc6c5sc5ccccc56)c5cccc-4c35)n2)cc1. The molecule has 224 valence electrons. The lowest BCUT2D eigenvalue weighted by Crippen LogP contribution is -2.01. The number of hydrogen-bond acceptors (Lipinski definition) is 5. The van der Waals surface area contributed by atoms with Crippen molar-refractivity contribution < 1.29 is 4.74 Å². The average Bonchev–Trinajstić information content (AvgIpc) is 3.55. The molecule has 0 atom stereocenters. The number of aromatic nitrogens is 3. The van der Waals surface area contributed by atoms with Crippen molar-refractivity contribution in [3.8, 4) is 67.9 Å². The van der Waals surface area contributed by atoms with Gasteiger partial charge in [0.15, 0.2) is 17.5 Å². The summed E-state index contributed by atoms with van der Waals surface area (Å²) >= 11 is 1.86. The van der Waals surface area contributed by atoms with Crippen molar-refractivity contribution in [1.29, 1.82) is 0 Å². The van der Waals surface area contributed by atoms with Crippen molar-refractivity contribution in [1.82, 2.24) is 15.0 Å². The lowest BCUT2D eigenvalue weighted by atomic mass is 9.90. The van der Waals surface area contributed by atoms with Gasteiger partial charge in [0.1, 0.15) is 11.5 Å².